The van der Waals surface area contributed by atoms with Crippen LogP contribution in [0, 0.1) is 0 Å². The van der Waals surface area contributed by atoms with E-state index in [1.807, 2.05) is 0 Å². The van der Waals surface area contributed by atoms with Crippen LogP contribution in [0.2, 0.25) is 0 Å². The zero-order valence-corrected chi connectivity index (χ0v) is 14.7. The summed E-state index contributed by atoms with van der Waals surface area (Å²) < 4.78 is 47.6. The Hall–Kier alpha value is -3.23. The van der Waals surface area contributed by atoms with Gasteiger partial charge in [-0.3, -0.25) is 4.79 Å². The van der Waals surface area contributed by atoms with Crippen molar-refractivity contribution in [3.63, 3.8) is 0 Å². The maximum atomic E-state index is 12.5. The van der Waals surface area contributed by atoms with Gasteiger partial charge in [0.25, 0.3) is 5.91 Å². The predicted molar refractivity (Wildman–Crippen MR) is 93.8 cm³/mol. The molecule has 2 aromatic carbocycles. The number of carbonyl (C=O) groups excluding carboxylic acids is 2. The lowest BCUT2D eigenvalue weighted by atomic mass is 10.2. The molecule has 1 heterocycles. The van der Waals surface area contributed by atoms with Crippen molar-refractivity contribution in [3.05, 3.63) is 59.7 Å². The molecule has 0 aliphatic carbocycles. The van der Waals surface area contributed by atoms with E-state index in [1.165, 1.54) is 0 Å². The zero-order chi connectivity index (χ0) is 20.1. The van der Waals surface area contributed by atoms with Gasteiger partial charge in [0.2, 0.25) is 0 Å². The van der Waals surface area contributed by atoms with E-state index in [4.69, 9.17) is 9.47 Å². The maximum Gasteiger partial charge on any atom is 0.416 e. The van der Waals surface area contributed by atoms with E-state index in [-0.39, 0.29) is 18.4 Å². The second-order valence-electron chi connectivity index (χ2n) is 6.09. The summed E-state index contributed by atoms with van der Waals surface area (Å²) in [5, 5.41) is 2.63. The van der Waals surface area contributed by atoms with Crippen LogP contribution in [0.5, 0.6) is 5.75 Å². The summed E-state index contributed by atoms with van der Waals surface area (Å²) in [7, 11) is 0. The molecule has 1 N–H and O–H groups in total. The van der Waals surface area contributed by atoms with E-state index in [1.54, 1.807) is 29.2 Å². The molecule has 1 fully saturated rings. The van der Waals surface area contributed by atoms with Gasteiger partial charge in [-0.15, -0.1) is 0 Å². The van der Waals surface area contributed by atoms with Gasteiger partial charge in [-0.05, 0) is 42.0 Å². The zero-order valence-electron chi connectivity index (χ0n) is 14.7. The SMILES string of the molecule is O=C(COc1ccc(C(F)(F)F)cc1)Nc1ccc(CN2CCOC2=O)cc1. The van der Waals surface area contributed by atoms with Crippen molar-refractivity contribution in [2.45, 2.75) is 12.7 Å². The highest BCUT2D eigenvalue weighted by Gasteiger charge is 2.30. The molecular formula is C19H17F3N2O4. The van der Waals surface area contributed by atoms with Gasteiger partial charge in [-0.25, -0.2) is 4.79 Å². The van der Waals surface area contributed by atoms with Crippen LogP contribution < -0.4 is 10.1 Å². The number of nitrogens with one attached hydrogen (secondary N) is 1. The highest BCUT2D eigenvalue weighted by atomic mass is 19.4. The molecular weight excluding hydrogens is 377 g/mol. The van der Waals surface area contributed by atoms with Crippen molar-refractivity contribution in [2.24, 2.45) is 0 Å². The number of anilines is 1. The Morgan fingerprint density at radius 1 is 1.11 bits per heavy atom. The number of benzene rings is 2. The number of nitrogens with zero attached hydrogens (tertiary/aromatic N) is 1. The smallest absolute Gasteiger partial charge is 0.416 e. The Morgan fingerprint density at radius 3 is 2.36 bits per heavy atom. The normalized spacial score (nSPS) is 14.0. The van der Waals surface area contributed by atoms with Crippen LogP contribution in [-0.4, -0.2) is 36.7 Å². The van der Waals surface area contributed by atoms with Crippen molar-refractivity contribution < 1.29 is 32.2 Å². The van der Waals surface area contributed by atoms with Crippen molar-refractivity contribution in [2.75, 3.05) is 25.1 Å². The molecule has 0 aromatic heterocycles. The lowest BCUT2D eigenvalue weighted by molar-refractivity contribution is -0.137. The molecule has 148 valence electrons. The molecule has 9 heteroatoms. The highest BCUT2D eigenvalue weighted by molar-refractivity contribution is 5.91. The number of rotatable bonds is 6. The monoisotopic (exact) mass is 394 g/mol. The fourth-order valence-corrected chi connectivity index (χ4v) is 2.57. The molecule has 2 aromatic rings. The Bertz CT molecular complexity index is 836. The quantitative estimate of drug-likeness (QED) is 0.812. The first-order valence-corrected chi connectivity index (χ1v) is 8.42. The van der Waals surface area contributed by atoms with E-state index < -0.39 is 17.6 Å². The molecule has 1 saturated heterocycles. The van der Waals surface area contributed by atoms with Gasteiger partial charge in [0.05, 0.1) is 12.1 Å². The molecule has 2 amide bonds. The van der Waals surface area contributed by atoms with E-state index in [0.717, 1.165) is 29.8 Å². The third-order valence-corrected chi connectivity index (χ3v) is 4.01. The summed E-state index contributed by atoms with van der Waals surface area (Å²) in [6, 6.07) is 11.0. The molecule has 0 radical (unpaired) electrons. The van der Waals surface area contributed by atoms with E-state index in [0.29, 0.717) is 25.4 Å². The summed E-state index contributed by atoms with van der Waals surface area (Å²) in [5.41, 5.74) is 0.637. The number of halogens is 3. The number of cyclic esters (lactones) is 1. The first kappa shape index (κ1) is 19.5. The maximum absolute atomic E-state index is 12.5. The average molecular weight is 394 g/mol. The fourth-order valence-electron chi connectivity index (χ4n) is 2.57. The van der Waals surface area contributed by atoms with Crippen LogP contribution in [-0.2, 0) is 22.3 Å². The van der Waals surface area contributed by atoms with Crippen molar-refractivity contribution in [1.82, 2.24) is 4.90 Å². The highest BCUT2D eigenvalue weighted by Crippen LogP contribution is 2.30. The summed E-state index contributed by atoms with van der Waals surface area (Å²) in [5.74, 6) is -0.285. The standard InChI is InChI=1S/C19H17F3N2O4/c20-19(21,22)14-3-7-16(8-4-14)28-12-17(25)23-15-5-1-13(2-6-15)11-24-9-10-27-18(24)26/h1-8H,9-12H2,(H,23,25). The van der Waals surface area contributed by atoms with Gasteiger partial charge >= 0.3 is 12.3 Å². The third-order valence-electron chi connectivity index (χ3n) is 4.01. The van der Waals surface area contributed by atoms with E-state index in [9.17, 15) is 22.8 Å². The first-order chi connectivity index (χ1) is 13.3. The van der Waals surface area contributed by atoms with Gasteiger partial charge in [0.15, 0.2) is 6.61 Å². The van der Waals surface area contributed by atoms with Crippen molar-refractivity contribution in [3.8, 4) is 5.75 Å². The minimum absolute atomic E-state index is 0.163. The number of hydrogen-bond acceptors (Lipinski definition) is 4. The van der Waals surface area contributed by atoms with Crippen LogP contribution in [0.1, 0.15) is 11.1 Å². The molecule has 1 aliphatic rings. The fraction of sp³-hybridized carbons (Fsp3) is 0.263. The van der Waals surface area contributed by atoms with Crippen molar-refractivity contribution >= 4 is 17.7 Å². The molecule has 0 unspecified atom stereocenters. The lowest BCUT2D eigenvalue weighted by Crippen LogP contribution is -2.23. The summed E-state index contributed by atoms with van der Waals surface area (Å²) in [4.78, 5) is 24.9. The molecule has 0 bridgehead atoms. The minimum Gasteiger partial charge on any atom is -0.484 e. The average Bonchev–Trinajstić information content (AvgIpc) is 3.06. The van der Waals surface area contributed by atoms with Gasteiger partial charge in [0.1, 0.15) is 12.4 Å². The van der Waals surface area contributed by atoms with Crippen molar-refractivity contribution in [1.29, 1.82) is 0 Å². The molecule has 0 spiro atoms. The van der Waals surface area contributed by atoms with E-state index >= 15 is 0 Å². The second-order valence-corrected chi connectivity index (χ2v) is 6.09. The van der Waals surface area contributed by atoms with E-state index in [2.05, 4.69) is 5.32 Å². The molecule has 3 rings (SSSR count). The minimum atomic E-state index is -4.42. The Kier molecular flexibility index (Phi) is 5.72. The lowest BCUT2D eigenvalue weighted by Gasteiger charge is -2.13. The molecule has 0 saturated carbocycles. The van der Waals surface area contributed by atoms with Crippen LogP contribution in [0.25, 0.3) is 0 Å². The van der Waals surface area contributed by atoms with Crippen LogP contribution in [0.4, 0.5) is 23.7 Å². The Labute approximate surface area is 158 Å². The largest absolute Gasteiger partial charge is 0.484 e. The number of carbonyl (C=O) groups is 2. The summed E-state index contributed by atoms with van der Waals surface area (Å²) in [6.45, 7) is 1.00. The Morgan fingerprint density at radius 2 is 1.79 bits per heavy atom. The third kappa shape index (κ3) is 5.15. The van der Waals surface area contributed by atoms with Crippen LogP contribution >= 0.6 is 0 Å². The summed E-state index contributed by atoms with van der Waals surface area (Å²) in [6.07, 6.45) is -4.77. The van der Waals surface area contributed by atoms with Crippen LogP contribution in [0.3, 0.4) is 0 Å². The molecule has 0 atom stereocenters. The first-order valence-electron chi connectivity index (χ1n) is 8.42. The number of hydrogen-bond donors (Lipinski definition) is 1. The molecule has 28 heavy (non-hydrogen) atoms. The van der Waals surface area contributed by atoms with Crippen LogP contribution in [0.15, 0.2) is 48.5 Å². The number of alkyl halides is 3. The number of ether oxygens (including phenoxy) is 2. The second kappa shape index (κ2) is 8.20. The number of amides is 2. The van der Waals surface area contributed by atoms with Gasteiger partial charge in [-0.1, -0.05) is 12.1 Å². The van der Waals surface area contributed by atoms with Gasteiger partial charge in [-0.2, -0.15) is 13.2 Å². The molecule has 6 nitrogen and oxygen atoms in total. The summed E-state index contributed by atoms with van der Waals surface area (Å²) >= 11 is 0. The van der Waals surface area contributed by atoms with Gasteiger partial charge in [0, 0.05) is 12.2 Å². The predicted octanol–water partition coefficient (Wildman–Crippen LogP) is 3.68. The van der Waals surface area contributed by atoms with Gasteiger partial charge < -0.3 is 19.7 Å². The molecule has 1 aliphatic heterocycles. The topological polar surface area (TPSA) is 67.9 Å². The Balaban J connectivity index is 1.47.